The summed E-state index contributed by atoms with van der Waals surface area (Å²) < 4.78 is 1.74. The number of nitrogens with zero attached hydrogens (tertiary/aromatic N) is 3. The third-order valence-electron chi connectivity index (χ3n) is 2.80. The van der Waals surface area contributed by atoms with Crippen LogP contribution in [-0.2, 0) is 7.05 Å². The summed E-state index contributed by atoms with van der Waals surface area (Å²) in [5, 5.41) is 4.76. The highest BCUT2D eigenvalue weighted by atomic mass is 32.2. The second kappa shape index (κ2) is 6.03. The van der Waals surface area contributed by atoms with Crippen molar-refractivity contribution in [1.82, 2.24) is 19.7 Å². The highest BCUT2D eigenvalue weighted by molar-refractivity contribution is 7.99. The van der Waals surface area contributed by atoms with Gasteiger partial charge >= 0.3 is 0 Å². The van der Waals surface area contributed by atoms with Gasteiger partial charge in [0.25, 0.3) is 5.56 Å². The highest BCUT2D eigenvalue weighted by Crippen LogP contribution is 2.35. The van der Waals surface area contributed by atoms with Crippen molar-refractivity contribution in [3.63, 3.8) is 0 Å². The zero-order valence-electron chi connectivity index (χ0n) is 10.9. The molecule has 0 aliphatic heterocycles. The molecular weight excluding hydrogens is 262 g/mol. The second-order valence-corrected chi connectivity index (χ2v) is 5.43. The number of aromatic amines is 1. The molecule has 2 aromatic rings. The minimum atomic E-state index is -0.160. The third kappa shape index (κ3) is 3.45. The number of aryl methyl sites for hydroxylation is 1. The highest BCUT2D eigenvalue weighted by Gasteiger charge is 2.22. The van der Waals surface area contributed by atoms with E-state index in [9.17, 15) is 4.79 Å². The van der Waals surface area contributed by atoms with Gasteiger partial charge in [0.1, 0.15) is 0 Å². The van der Waals surface area contributed by atoms with Crippen LogP contribution in [0.2, 0.25) is 0 Å². The fourth-order valence-electron chi connectivity index (χ4n) is 1.74. The van der Waals surface area contributed by atoms with Gasteiger partial charge in [0.15, 0.2) is 5.16 Å². The van der Waals surface area contributed by atoms with Gasteiger partial charge < -0.3 is 10.7 Å². The van der Waals surface area contributed by atoms with Crippen LogP contribution in [0.25, 0.3) is 0 Å². The van der Waals surface area contributed by atoms with Crippen molar-refractivity contribution >= 4 is 11.8 Å². The molecule has 7 heteroatoms. The molecule has 0 bridgehead atoms. The van der Waals surface area contributed by atoms with Gasteiger partial charge in [-0.15, -0.1) is 0 Å². The van der Waals surface area contributed by atoms with Crippen LogP contribution >= 0.6 is 11.8 Å². The Hall–Kier alpha value is -1.60. The summed E-state index contributed by atoms with van der Waals surface area (Å²) in [5.41, 5.74) is 7.04. The summed E-state index contributed by atoms with van der Waals surface area (Å²) in [6.07, 6.45) is 6.07. The maximum Gasteiger partial charge on any atom is 0.251 e. The van der Waals surface area contributed by atoms with Crippen LogP contribution in [0.3, 0.4) is 0 Å². The SMILES string of the molecule is CCC(N)C(Sc1nccc(=O)[nH]1)c1cnn(C)c1. The van der Waals surface area contributed by atoms with Gasteiger partial charge in [-0.3, -0.25) is 9.48 Å². The quantitative estimate of drug-likeness (QED) is 0.631. The third-order valence-corrected chi connectivity index (χ3v) is 4.11. The molecule has 2 atom stereocenters. The summed E-state index contributed by atoms with van der Waals surface area (Å²) in [5.74, 6) is 0. The average molecular weight is 279 g/mol. The van der Waals surface area contributed by atoms with E-state index in [1.807, 2.05) is 20.2 Å². The topological polar surface area (TPSA) is 89.6 Å². The average Bonchev–Trinajstić information content (AvgIpc) is 2.81. The van der Waals surface area contributed by atoms with Crippen LogP contribution in [0.15, 0.2) is 34.6 Å². The largest absolute Gasteiger partial charge is 0.326 e. The van der Waals surface area contributed by atoms with E-state index in [0.29, 0.717) is 5.16 Å². The smallest absolute Gasteiger partial charge is 0.251 e. The molecule has 2 heterocycles. The molecule has 0 spiro atoms. The van der Waals surface area contributed by atoms with Crippen molar-refractivity contribution in [2.45, 2.75) is 29.8 Å². The lowest BCUT2D eigenvalue weighted by atomic mass is 10.1. The van der Waals surface area contributed by atoms with E-state index in [4.69, 9.17) is 5.73 Å². The number of thioether (sulfide) groups is 1. The molecule has 3 N–H and O–H groups in total. The van der Waals surface area contributed by atoms with E-state index in [1.54, 1.807) is 10.9 Å². The molecule has 102 valence electrons. The van der Waals surface area contributed by atoms with E-state index in [-0.39, 0.29) is 16.9 Å². The Bertz CT molecular complexity index is 594. The molecule has 0 saturated heterocycles. The van der Waals surface area contributed by atoms with Gasteiger partial charge in [-0.1, -0.05) is 18.7 Å². The number of H-pyrrole nitrogens is 1. The molecule has 19 heavy (non-hydrogen) atoms. The Morgan fingerprint density at radius 2 is 2.37 bits per heavy atom. The summed E-state index contributed by atoms with van der Waals surface area (Å²) in [4.78, 5) is 18.2. The summed E-state index contributed by atoms with van der Waals surface area (Å²) in [7, 11) is 1.87. The van der Waals surface area contributed by atoms with Crippen LogP contribution in [0.5, 0.6) is 0 Å². The Labute approximate surface area is 115 Å². The van der Waals surface area contributed by atoms with E-state index in [1.165, 1.54) is 24.0 Å². The first kappa shape index (κ1) is 13.8. The van der Waals surface area contributed by atoms with Gasteiger partial charge in [-0.05, 0) is 6.42 Å². The number of nitrogens with two attached hydrogens (primary N) is 1. The zero-order chi connectivity index (χ0) is 13.8. The van der Waals surface area contributed by atoms with Crippen molar-refractivity contribution in [1.29, 1.82) is 0 Å². The van der Waals surface area contributed by atoms with Crippen LogP contribution in [0, 0.1) is 0 Å². The molecular formula is C12H17N5OS. The standard InChI is InChI=1S/C12H17N5OS/c1-3-9(13)11(8-6-15-17(2)7-8)19-12-14-5-4-10(18)16-12/h4-7,9,11H,3,13H2,1-2H3,(H,14,16,18). The lowest BCUT2D eigenvalue weighted by Gasteiger charge is -2.20. The molecule has 0 amide bonds. The van der Waals surface area contributed by atoms with Crippen LogP contribution in [-0.4, -0.2) is 25.8 Å². The lowest BCUT2D eigenvalue weighted by molar-refractivity contribution is 0.631. The Morgan fingerprint density at radius 1 is 1.58 bits per heavy atom. The Morgan fingerprint density at radius 3 is 2.95 bits per heavy atom. The maximum absolute atomic E-state index is 11.3. The van der Waals surface area contributed by atoms with Crippen molar-refractivity contribution < 1.29 is 0 Å². The first-order chi connectivity index (χ1) is 9.10. The summed E-state index contributed by atoms with van der Waals surface area (Å²) in [6, 6.07) is 1.36. The molecule has 0 aromatic carbocycles. The van der Waals surface area contributed by atoms with Gasteiger partial charge in [-0.25, -0.2) is 4.98 Å². The van der Waals surface area contributed by atoms with Crippen molar-refractivity contribution in [2.24, 2.45) is 12.8 Å². The van der Waals surface area contributed by atoms with E-state index in [2.05, 4.69) is 15.1 Å². The number of nitrogens with one attached hydrogen (secondary N) is 1. The maximum atomic E-state index is 11.3. The Kier molecular flexibility index (Phi) is 4.39. The zero-order valence-corrected chi connectivity index (χ0v) is 11.7. The monoisotopic (exact) mass is 279 g/mol. The van der Waals surface area contributed by atoms with Gasteiger partial charge in [-0.2, -0.15) is 5.10 Å². The van der Waals surface area contributed by atoms with Crippen LogP contribution in [0.1, 0.15) is 24.2 Å². The summed E-state index contributed by atoms with van der Waals surface area (Å²) in [6.45, 7) is 2.04. The van der Waals surface area contributed by atoms with Crippen molar-refractivity contribution in [2.75, 3.05) is 0 Å². The summed E-state index contributed by atoms with van der Waals surface area (Å²) >= 11 is 1.46. The van der Waals surface area contributed by atoms with Crippen molar-refractivity contribution in [3.05, 3.63) is 40.6 Å². The van der Waals surface area contributed by atoms with Gasteiger partial charge in [0.2, 0.25) is 0 Å². The molecule has 0 saturated carbocycles. The van der Waals surface area contributed by atoms with Crippen LogP contribution < -0.4 is 11.3 Å². The Balaban J connectivity index is 2.26. The fourth-order valence-corrected chi connectivity index (χ4v) is 2.88. The van der Waals surface area contributed by atoms with E-state index < -0.39 is 0 Å². The first-order valence-electron chi connectivity index (χ1n) is 6.06. The van der Waals surface area contributed by atoms with Crippen molar-refractivity contribution in [3.8, 4) is 0 Å². The van der Waals surface area contributed by atoms with E-state index in [0.717, 1.165) is 12.0 Å². The molecule has 2 aromatic heterocycles. The number of rotatable bonds is 5. The molecule has 6 nitrogen and oxygen atoms in total. The number of hydrogen-bond donors (Lipinski definition) is 2. The molecule has 0 radical (unpaired) electrons. The number of hydrogen-bond acceptors (Lipinski definition) is 5. The second-order valence-electron chi connectivity index (χ2n) is 4.30. The molecule has 0 aliphatic rings. The normalized spacial score (nSPS) is 14.3. The fraction of sp³-hybridized carbons (Fsp3) is 0.417. The lowest BCUT2D eigenvalue weighted by Crippen LogP contribution is -2.25. The molecule has 0 fully saturated rings. The van der Waals surface area contributed by atoms with Gasteiger partial charge in [0, 0.05) is 37.1 Å². The molecule has 0 aliphatic carbocycles. The minimum absolute atomic E-state index is 0.0178. The molecule has 2 unspecified atom stereocenters. The number of aromatic nitrogens is 4. The van der Waals surface area contributed by atoms with E-state index >= 15 is 0 Å². The predicted octanol–water partition coefficient (Wildman–Crippen LogP) is 1.07. The molecule has 2 rings (SSSR count). The van der Waals surface area contributed by atoms with Gasteiger partial charge in [0.05, 0.1) is 11.4 Å². The minimum Gasteiger partial charge on any atom is -0.326 e. The first-order valence-corrected chi connectivity index (χ1v) is 6.94. The van der Waals surface area contributed by atoms with Crippen LogP contribution in [0.4, 0.5) is 0 Å². The predicted molar refractivity (Wildman–Crippen MR) is 74.9 cm³/mol.